The van der Waals surface area contributed by atoms with Crippen molar-refractivity contribution >= 4 is 22.5 Å². The highest BCUT2D eigenvalue weighted by atomic mass is 16.5. The van der Waals surface area contributed by atoms with Gasteiger partial charge in [-0.3, -0.25) is 9.36 Å². The molecule has 0 saturated carbocycles. The molecule has 3 aromatic heterocycles. The molecule has 3 heterocycles. The molecule has 1 aromatic carbocycles. The Hall–Kier alpha value is -3.68. The van der Waals surface area contributed by atoms with Crippen LogP contribution in [0.1, 0.15) is 10.4 Å². The summed E-state index contributed by atoms with van der Waals surface area (Å²) in [5.74, 6) is 0.0456. The number of pyridine rings is 1. The first-order valence-corrected chi connectivity index (χ1v) is 7.75. The van der Waals surface area contributed by atoms with Gasteiger partial charge in [-0.2, -0.15) is 5.10 Å². The van der Waals surface area contributed by atoms with Crippen molar-refractivity contribution in [2.24, 2.45) is 0 Å². The minimum atomic E-state index is -0.533. The minimum absolute atomic E-state index is 0.239. The fraction of sp³-hybridized carbons (Fsp3) is 0.111. The zero-order chi connectivity index (χ0) is 18.3. The van der Waals surface area contributed by atoms with E-state index in [1.165, 1.54) is 28.6 Å². The van der Waals surface area contributed by atoms with Crippen LogP contribution in [0, 0.1) is 0 Å². The number of nitrogens with zero attached hydrogens (tertiary/aromatic N) is 4. The van der Waals surface area contributed by atoms with Crippen molar-refractivity contribution in [3.63, 3.8) is 0 Å². The molecule has 4 rings (SSSR count). The fourth-order valence-corrected chi connectivity index (χ4v) is 2.89. The maximum absolute atomic E-state index is 13.0. The SMILES string of the molecule is COC(=O)c1cnn2c1ncc1c(=O)n(-c3ccccc3OC)ccc12. The van der Waals surface area contributed by atoms with Crippen LogP contribution in [-0.2, 0) is 4.74 Å². The third-order valence-corrected chi connectivity index (χ3v) is 4.14. The maximum Gasteiger partial charge on any atom is 0.343 e. The molecule has 8 nitrogen and oxygen atoms in total. The highest BCUT2D eigenvalue weighted by molar-refractivity contribution is 5.96. The number of benzene rings is 1. The molecule has 0 aliphatic carbocycles. The molecule has 0 amide bonds. The molecule has 0 saturated heterocycles. The van der Waals surface area contributed by atoms with Gasteiger partial charge in [0.25, 0.3) is 5.56 Å². The number of methoxy groups -OCH3 is 2. The molecule has 0 unspecified atom stereocenters. The lowest BCUT2D eigenvalue weighted by Gasteiger charge is -2.11. The Morgan fingerprint density at radius 1 is 1.12 bits per heavy atom. The van der Waals surface area contributed by atoms with Crippen molar-refractivity contribution in [1.82, 2.24) is 19.2 Å². The summed E-state index contributed by atoms with van der Waals surface area (Å²) in [6.07, 6.45) is 4.45. The minimum Gasteiger partial charge on any atom is -0.495 e. The van der Waals surface area contributed by atoms with Gasteiger partial charge in [-0.05, 0) is 18.2 Å². The van der Waals surface area contributed by atoms with Gasteiger partial charge >= 0.3 is 5.97 Å². The number of ether oxygens (including phenoxy) is 2. The first kappa shape index (κ1) is 15.8. The van der Waals surface area contributed by atoms with Crippen LogP contribution in [0.25, 0.3) is 22.2 Å². The number of carbonyl (C=O) groups excluding carboxylic acids is 1. The fourth-order valence-electron chi connectivity index (χ4n) is 2.89. The van der Waals surface area contributed by atoms with Gasteiger partial charge < -0.3 is 9.47 Å². The number of esters is 1. The number of hydrogen-bond acceptors (Lipinski definition) is 6. The van der Waals surface area contributed by atoms with E-state index in [9.17, 15) is 9.59 Å². The molecule has 130 valence electrons. The van der Waals surface area contributed by atoms with Crippen LogP contribution in [0.4, 0.5) is 0 Å². The van der Waals surface area contributed by atoms with E-state index in [2.05, 4.69) is 10.1 Å². The predicted molar refractivity (Wildman–Crippen MR) is 94.0 cm³/mol. The van der Waals surface area contributed by atoms with Crippen molar-refractivity contribution in [1.29, 1.82) is 0 Å². The number of fused-ring (bicyclic) bond motifs is 3. The zero-order valence-corrected chi connectivity index (χ0v) is 14.0. The van der Waals surface area contributed by atoms with Crippen LogP contribution in [0.2, 0.25) is 0 Å². The number of carbonyl (C=O) groups is 1. The van der Waals surface area contributed by atoms with E-state index in [1.54, 1.807) is 31.5 Å². The van der Waals surface area contributed by atoms with E-state index in [0.29, 0.717) is 28.0 Å². The molecule has 0 radical (unpaired) electrons. The molecule has 0 aliphatic heterocycles. The monoisotopic (exact) mass is 350 g/mol. The molecular weight excluding hydrogens is 336 g/mol. The highest BCUT2D eigenvalue weighted by Crippen LogP contribution is 2.22. The topological polar surface area (TPSA) is 87.7 Å². The summed E-state index contributed by atoms with van der Waals surface area (Å²) in [5.41, 5.74) is 1.47. The first-order chi connectivity index (χ1) is 12.7. The summed E-state index contributed by atoms with van der Waals surface area (Å²) in [6.45, 7) is 0. The largest absolute Gasteiger partial charge is 0.495 e. The van der Waals surface area contributed by atoms with Crippen molar-refractivity contribution in [3.8, 4) is 11.4 Å². The van der Waals surface area contributed by atoms with Crippen LogP contribution in [0.15, 0.2) is 53.7 Å². The Kier molecular flexibility index (Phi) is 3.65. The third-order valence-electron chi connectivity index (χ3n) is 4.14. The smallest absolute Gasteiger partial charge is 0.343 e. The average Bonchev–Trinajstić information content (AvgIpc) is 3.12. The van der Waals surface area contributed by atoms with Crippen LogP contribution >= 0.6 is 0 Å². The molecular formula is C18H14N4O4. The highest BCUT2D eigenvalue weighted by Gasteiger charge is 2.17. The van der Waals surface area contributed by atoms with E-state index in [0.717, 1.165) is 0 Å². The molecule has 0 spiro atoms. The lowest BCUT2D eigenvalue weighted by atomic mass is 10.2. The lowest BCUT2D eigenvalue weighted by Crippen LogP contribution is -2.19. The van der Waals surface area contributed by atoms with Gasteiger partial charge in [0, 0.05) is 12.4 Å². The summed E-state index contributed by atoms with van der Waals surface area (Å²) in [6, 6.07) is 8.97. The second-order valence-electron chi connectivity index (χ2n) is 5.51. The van der Waals surface area contributed by atoms with E-state index in [1.807, 2.05) is 12.1 Å². The van der Waals surface area contributed by atoms with Gasteiger partial charge in [-0.15, -0.1) is 0 Å². The van der Waals surface area contributed by atoms with E-state index >= 15 is 0 Å². The number of aromatic nitrogens is 4. The van der Waals surface area contributed by atoms with Crippen molar-refractivity contribution in [2.75, 3.05) is 14.2 Å². The van der Waals surface area contributed by atoms with Gasteiger partial charge in [-0.25, -0.2) is 14.3 Å². The van der Waals surface area contributed by atoms with E-state index in [-0.39, 0.29) is 11.1 Å². The van der Waals surface area contributed by atoms with Gasteiger partial charge in [0.1, 0.15) is 11.3 Å². The summed E-state index contributed by atoms with van der Waals surface area (Å²) >= 11 is 0. The van der Waals surface area contributed by atoms with E-state index < -0.39 is 5.97 Å². The Morgan fingerprint density at radius 3 is 2.69 bits per heavy atom. The second kappa shape index (κ2) is 5.99. The lowest BCUT2D eigenvalue weighted by molar-refractivity contribution is 0.0602. The summed E-state index contributed by atoms with van der Waals surface area (Å²) < 4.78 is 13.0. The Labute approximate surface area is 147 Å². The average molecular weight is 350 g/mol. The van der Waals surface area contributed by atoms with Gasteiger partial charge in [-0.1, -0.05) is 12.1 Å². The molecule has 0 bridgehead atoms. The summed E-state index contributed by atoms with van der Waals surface area (Å²) in [7, 11) is 2.84. The van der Waals surface area contributed by atoms with Crippen molar-refractivity contribution in [3.05, 3.63) is 64.8 Å². The Morgan fingerprint density at radius 2 is 1.92 bits per heavy atom. The van der Waals surface area contributed by atoms with Crippen LogP contribution < -0.4 is 10.3 Å². The van der Waals surface area contributed by atoms with Gasteiger partial charge in [0.15, 0.2) is 5.65 Å². The molecule has 0 N–H and O–H groups in total. The molecule has 0 atom stereocenters. The van der Waals surface area contributed by atoms with Crippen LogP contribution in [0.5, 0.6) is 5.75 Å². The maximum atomic E-state index is 13.0. The third kappa shape index (κ3) is 2.23. The summed E-state index contributed by atoms with van der Waals surface area (Å²) in [4.78, 5) is 29.0. The quantitative estimate of drug-likeness (QED) is 0.524. The number of hydrogen-bond donors (Lipinski definition) is 0. The molecule has 0 fully saturated rings. The van der Waals surface area contributed by atoms with Gasteiger partial charge in [0.05, 0.1) is 37.0 Å². The Balaban J connectivity index is 1.99. The Bertz CT molecular complexity index is 1210. The molecule has 8 heteroatoms. The molecule has 0 aliphatic rings. The number of rotatable bonds is 3. The van der Waals surface area contributed by atoms with Crippen LogP contribution in [0.3, 0.4) is 0 Å². The van der Waals surface area contributed by atoms with E-state index in [4.69, 9.17) is 9.47 Å². The molecule has 4 aromatic rings. The zero-order valence-electron chi connectivity index (χ0n) is 14.0. The number of para-hydroxylation sites is 2. The van der Waals surface area contributed by atoms with Crippen LogP contribution in [-0.4, -0.2) is 39.4 Å². The predicted octanol–water partition coefficient (Wildman–Crippen LogP) is 1.83. The second-order valence-corrected chi connectivity index (χ2v) is 5.51. The standard InChI is InChI=1S/C18H14N4O4/c1-25-15-6-4-3-5-14(15)21-8-7-13-11(17(21)23)9-19-16-12(18(24)26-2)10-20-22(13)16/h3-10H,1-2H3. The van der Waals surface area contributed by atoms with Gasteiger partial charge in [0.2, 0.25) is 0 Å². The van der Waals surface area contributed by atoms with Crippen molar-refractivity contribution < 1.29 is 14.3 Å². The summed E-state index contributed by atoms with van der Waals surface area (Å²) in [5, 5.41) is 4.54. The molecule has 26 heavy (non-hydrogen) atoms. The normalized spacial score (nSPS) is 11.0. The van der Waals surface area contributed by atoms with Crippen molar-refractivity contribution in [2.45, 2.75) is 0 Å². The first-order valence-electron chi connectivity index (χ1n) is 7.75.